The fourth-order valence-corrected chi connectivity index (χ4v) is 8.18. The number of hydrogen-bond acceptors (Lipinski definition) is 1. The topological polar surface area (TPSA) is 29.1 Å². The lowest BCUT2D eigenvalue weighted by atomic mass is 10.2. The molecule has 0 aliphatic carbocycles. The summed E-state index contributed by atoms with van der Waals surface area (Å²) in [6, 6.07) is 41.8. The van der Waals surface area contributed by atoms with Gasteiger partial charge < -0.3 is 0 Å². The Morgan fingerprint density at radius 1 is 0.613 bits per heavy atom. The summed E-state index contributed by atoms with van der Waals surface area (Å²) in [6.07, 6.45) is 2.13. The van der Waals surface area contributed by atoms with Crippen molar-refractivity contribution in [3.63, 3.8) is 0 Å². The van der Waals surface area contributed by atoms with Crippen molar-refractivity contribution in [2.24, 2.45) is 0 Å². The van der Waals surface area contributed by atoms with E-state index in [9.17, 15) is 4.79 Å². The molecule has 0 fully saturated rings. The maximum atomic E-state index is 12.5. The van der Waals surface area contributed by atoms with Crippen LogP contribution in [0.4, 0.5) is 0 Å². The van der Waals surface area contributed by atoms with Crippen molar-refractivity contribution < 1.29 is 4.79 Å². The maximum absolute atomic E-state index is 12.5. The van der Waals surface area contributed by atoms with Gasteiger partial charge in [0.2, 0.25) is 5.91 Å². The highest BCUT2D eigenvalue weighted by atomic mass is 31.2. The van der Waals surface area contributed by atoms with Crippen molar-refractivity contribution in [1.29, 1.82) is 0 Å². The fourth-order valence-electron chi connectivity index (χ4n) is 3.92. The highest BCUT2D eigenvalue weighted by Crippen LogP contribution is 2.61. The van der Waals surface area contributed by atoms with Crippen molar-refractivity contribution in [3.05, 3.63) is 132 Å². The molecule has 0 saturated heterocycles. The highest BCUT2D eigenvalue weighted by Gasteiger charge is 2.50. The van der Waals surface area contributed by atoms with Gasteiger partial charge in [-0.05, 0) is 42.0 Å². The molecule has 0 radical (unpaired) electrons. The minimum atomic E-state index is -2.35. The third kappa shape index (κ3) is 4.35. The molecule has 1 amide bonds. The van der Waals surface area contributed by atoms with E-state index in [1.165, 1.54) is 15.9 Å². The van der Waals surface area contributed by atoms with Crippen molar-refractivity contribution in [2.75, 3.05) is 0 Å². The van der Waals surface area contributed by atoms with Crippen molar-refractivity contribution >= 4 is 35.2 Å². The Bertz CT molecular complexity index is 1060. The van der Waals surface area contributed by atoms with E-state index < -0.39 is 7.26 Å². The Hall–Kier alpha value is -3.48. The van der Waals surface area contributed by atoms with Crippen LogP contribution in [-0.4, -0.2) is 5.91 Å². The Morgan fingerprint density at radius 2 is 0.968 bits per heavy atom. The van der Waals surface area contributed by atoms with Crippen LogP contribution in [0.5, 0.6) is 0 Å². The van der Waals surface area contributed by atoms with Gasteiger partial charge in [-0.2, -0.15) is 0 Å². The molecule has 31 heavy (non-hydrogen) atoms. The zero-order valence-electron chi connectivity index (χ0n) is 17.5. The van der Waals surface area contributed by atoms with Gasteiger partial charge in [0.25, 0.3) is 0 Å². The van der Waals surface area contributed by atoms with Crippen LogP contribution < -0.4 is 21.2 Å². The molecule has 0 aliphatic rings. The summed E-state index contributed by atoms with van der Waals surface area (Å²) < 4.78 is 0. The van der Waals surface area contributed by atoms with Gasteiger partial charge in [-0.1, -0.05) is 84.9 Å². The second kappa shape index (κ2) is 9.55. The Balaban J connectivity index is 2.12. The molecule has 2 nitrogen and oxygen atoms in total. The van der Waals surface area contributed by atoms with Gasteiger partial charge in [-0.25, -0.2) is 0 Å². The van der Waals surface area contributed by atoms with Crippen LogP contribution in [0.1, 0.15) is 12.5 Å². The first-order chi connectivity index (χ1) is 15.2. The summed E-state index contributed by atoms with van der Waals surface area (Å²) in [5.74, 6) is -0.0747. The predicted molar refractivity (Wildman–Crippen MR) is 133 cm³/mol. The van der Waals surface area contributed by atoms with Gasteiger partial charge in [-0.15, -0.1) is 0 Å². The van der Waals surface area contributed by atoms with E-state index in [0.717, 1.165) is 11.0 Å². The highest BCUT2D eigenvalue weighted by molar-refractivity contribution is 7.99. The third-order valence-corrected chi connectivity index (χ3v) is 9.38. The third-order valence-electron chi connectivity index (χ3n) is 5.20. The van der Waals surface area contributed by atoms with Crippen molar-refractivity contribution in [3.8, 4) is 0 Å². The standard InChI is InChI=1S/C28H24NOP/c1-23(30)29-28(22-24-14-6-2-7-15-24)31(25-16-8-3-9-17-25,26-18-10-4-11-19-26)27-20-12-5-13-21-27/h2-22H,1H3/p+1/b28-22-. The molecular weight excluding hydrogens is 397 g/mol. The predicted octanol–water partition coefficient (Wildman–Crippen LogP) is 5.12. The van der Waals surface area contributed by atoms with Crippen LogP contribution in [-0.2, 0) is 4.79 Å². The van der Waals surface area contributed by atoms with Crippen molar-refractivity contribution in [2.45, 2.75) is 6.92 Å². The zero-order chi connectivity index (χ0) is 21.5. The van der Waals surface area contributed by atoms with E-state index in [-0.39, 0.29) is 5.91 Å². The lowest BCUT2D eigenvalue weighted by Crippen LogP contribution is -2.37. The lowest BCUT2D eigenvalue weighted by Gasteiger charge is -2.29. The number of nitrogens with one attached hydrogen (secondary N) is 1. The molecule has 0 unspecified atom stereocenters. The number of carbonyl (C=O) groups is 1. The number of hydrogen-bond donors (Lipinski definition) is 1. The fraction of sp³-hybridized carbons (Fsp3) is 0.0357. The monoisotopic (exact) mass is 422 g/mol. The summed E-state index contributed by atoms with van der Waals surface area (Å²) in [4.78, 5) is 12.5. The Kier molecular flexibility index (Phi) is 6.40. The van der Waals surface area contributed by atoms with E-state index in [0.29, 0.717) is 0 Å². The quantitative estimate of drug-likeness (QED) is 0.430. The minimum absolute atomic E-state index is 0.0747. The lowest BCUT2D eigenvalue weighted by molar-refractivity contribution is -0.118. The molecule has 0 aliphatic heterocycles. The van der Waals surface area contributed by atoms with Crippen LogP contribution in [0, 0.1) is 0 Å². The molecule has 1 N–H and O–H groups in total. The van der Waals surface area contributed by atoms with Gasteiger partial charge >= 0.3 is 0 Å². The molecule has 0 atom stereocenters. The second-order valence-corrected chi connectivity index (χ2v) is 10.7. The molecular formula is C28H25NOP+. The van der Waals surface area contributed by atoms with Gasteiger partial charge in [-0.3, -0.25) is 10.1 Å². The zero-order valence-corrected chi connectivity index (χ0v) is 18.4. The Morgan fingerprint density at radius 3 is 1.32 bits per heavy atom. The number of benzene rings is 4. The molecule has 4 rings (SSSR count). The van der Waals surface area contributed by atoms with Gasteiger partial charge in [0.15, 0.2) is 12.7 Å². The van der Waals surface area contributed by atoms with Gasteiger partial charge in [0, 0.05) is 13.0 Å². The normalized spacial score (nSPS) is 11.7. The summed E-state index contributed by atoms with van der Waals surface area (Å²) in [5.41, 5.74) is 1.98. The van der Waals surface area contributed by atoms with Crippen molar-refractivity contribution in [1.82, 2.24) is 5.32 Å². The minimum Gasteiger partial charge on any atom is -0.296 e. The maximum Gasteiger partial charge on any atom is 0.223 e. The number of rotatable bonds is 6. The largest absolute Gasteiger partial charge is 0.296 e. The first-order valence-electron chi connectivity index (χ1n) is 10.3. The molecule has 0 heterocycles. The first kappa shape index (κ1) is 20.8. The van der Waals surface area contributed by atoms with E-state index in [1.807, 2.05) is 36.4 Å². The Labute approximate surface area is 184 Å². The summed E-state index contributed by atoms with van der Waals surface area (Å²) in [5, 5.41) is 6.83. The van der Waals surface area contributed by atoms with Crippen LogP contribution in [0.25, 0.3) is 6.08 Å². The molecule has 3 heteroatoms. The molecule has 4 aromatic rings. The second-order valence-electron chi connectivity index (χ2n) is 7.30. The summed E-state index contributed by atoms with van der Waals surface area (Å²) >= 11 is 0. The summed E-state index contributed by atoms with van der Waals surface area (Å²) in [6.45, 7) is 1.58. The van der Waals surface area contributed by atoms with Gasteiger partial charge in [0.1, 0.15) is 15.9 Å². The average Bonchev–Trinajstić information content (AvgIpc) is 2.82. The van der Waals surface area contributed by atoms with Gasteiger partial charge in [0.05, 0.1) is 0 Å². The molecule has 0 spiro atoms. The number of carbonyl (C=O) groups excluding carboxylic acids is 1. The SMILES string of the molecule is CC(=O)N/C(=C/c1ccccc1)[P+](c1ccccc1)(c1ccccc1)c1ccccc1. The van der Waals surface area contributed by atoms with E-state index >= 15 is 0 Å². The smallest absolute Gasteiger partial charge is 0.223 e. The van der Waals surface area contributed by atoms with Crippen LogP contribution in [0.15, 0.2) is 127 Å². The van der Waals surface area contributed by atoms with Crippen LogP contribution in [0.2, 0.25) is 0 Å². The molecule has 0 aromatic heterocycles. The number of amides is 1. The molecule has 0 bridgehead atoms. The van der Waals surface area contributed by atoms with E-state index in [1.54, 1.807) is 6.92 Å². The molecule has 4 aromatic carbocycles. The van der Waals surface area contributed by atoms with Crippen LogP contribution >= 0.6 is 7.26 Å². The van der Waals surface area contributed by atoms with E-state index in [4.69, 9.17) is 0 Å². The van der Waals surface area contributed by atoms with Crippen LogP contribution in [0.3, 0.4) is 0 Å². The average molecular weight is 422 g/mol. The molecule has 0 saturated carbocycles. The first-order valence-corrected chi connectivity index (χ1v) is 12.1. The van der Waals surface area contributed by atoms with E-state index in [2.05, 4.69) is 96.3 Å². The molecule has 152 valence electrons. The summed E-state index contributed by atoms with van der Waals surface area (Å²) in [7, 11) is -2.35.